The van der Waals surface area contributed by atoms with Crippen molar-refractivity contribution in [2.45, 2.75) is 31.4 Å². The van der Waals surface area contributed by atoms with Crippen molar-refractivity contribution >= 4 is 0 Å². The van der Waals surface area contributed by atoms with Gasteiger partial charge in [0.05, 0.1) is 5.92 Å². The van der Waals surface area contributed by atoms with Crippen LogP contribution in [0.5, 0.6) is 5.75 Å². The molecular formula is C13H13F6NO. The smallest absolute Gasteiger partial charge is 0.406 e. The van der Waals surface area contributed by atoms with Crippen molar-refractivity contribution in [3.8, 4) is 5.75 Å². The van der Waals surface area contributed by atoms with Crippen molar-refractivity contribution in [2.75, 3.05) is 6.54 Å². The first kappa shape index (κ1) is 15.9. The molecule has 1 N–H and O–H groups in total. The Hall–Kier alpha value is -1.44. The standard InChI is InChI=1S/C13H13F6NO/c14-12(15,16)9-4-5-11(20-7-9)8-2-1-3-10(6-8)21-13(17,18)19/h1-3,6,9,11,20H,4-5,7H2. The summed E-state index contributed by atoms with van der Waals surface area (Å²) in [5, 5.41) is 2.73. The monoisotopic (exact) mass is 313 g/mol. The fraction of sp³-hybridized carbons (Fsp3) is 0.538. The molecule has 0 aromatic heterocycles. The summed E-state index contributed by atoms with van der Waals surface area (Å²) >= 11 is 0. The lowest BCUT2D eigenvalue weighted by Gasteiger charge is -2.31. The van der Waals surface area contributed by atoms with Crippen LogP contribution >= 0.6 is 0 Å². The predicted octanol–water partition coefficient (Wildman–Crippen LogP) is 4.19. The minimum absolute atomic E-state index is 0.0501. The van der Waals surface area contributed by atoms with Crippen LogP contribution in [-0.2, 0) is 0 Å². The van der Waals surface area contributed by atoms with E-state index >= 15 is 0 Å². The van der Waals surface area contributed by atoms with E-state index in [9.17, 15) is 26.3 Å². The summed E-state index contributed by atoms with van der Waals surface area (Å²) in [6.07, 6.45) is -8.88. The van der Waals surface area contributed by atoms with Gasteiger partial charge in [-0.05, 0) is 30.5 Å². The molecular weight excluding hydrogens is 300 g/mol. The molecule has 2 atom stereocenters. The van der Waals surface area contributed by atoms with E-state index in [1.807, 2.05) is 0 Å². The quantitative estimate of drug-likeness (QED) is 0.827. The number of halogens is 6. The van der Waals surface area contributed by atoms with Crippen molar-refractivity contribution < 1.29 is 31.1 Å². The zero-order chi connectivity index (χ0) is 15.7. The minimum Gasteiger partial charge on any atom is -0.406 e. The topological polar surface area (TPSA) is 21.3 Å². The van der Waals surface area contributed by atoms with Gasteiger partial charge in [0.2, 0.25) is 0 Å². The predicted molar refractivity (Wildman–Crippen MR) is 62.6 cm³/mol. The average Bonchev–Trinajstić information content (AvgIpc) is 2.36. The van der Waals surface area contributed by atoms with E-state index < -0.39 is 24.5 Å². The van der Waals surface area contributed by atoms with Gasteiger partial charge in [-0.1, -0.05) is 12.1 Å². The summed E-state index contributed by atoms with van der Waals surface area (Å²) in [5.74, 6) is -1.79. The van der Waals surface area contributed by atoms with Crippen LogP contribution in [0.15, 0.2) is 24.3 Å². The Morgan fingerprint density at radius 1 is 1.05 bits per heavy atom. The molecule has 1 heterocycles. The Bertz CT molecular complexity index is 476. The Labute approximate surface area is 117 Å². The third kappa shape index (κ3) is 4.52. The van der Waals surface area contributed by atoms with Gasteiger partial charge < -0.3 is 10.1 Å². The fourth-order valence-electron chi connectivity index (χ4n) is 2.35. The molecule has 1 aliphatic heterocycles. The van der Waals surface area contributed by atoms with Gasteiger partial charge in [0, 0.05) is 12.6 Å². The maximum absolute atomic E-state index is 12.5. The normalized spacial score (nSPS) is 23.9. The Morgan fingerprint density at radius 3 is 2.29 bits per heavy atom. The van der Waals surface area contributed by atoms with Crippen LogP contribution in [-0.4, -0.2) is 19.1 Å². The molecule has 1 aromatic carbocycles. The minimum atomic E-state index is -4.79. The molecule has 1 aliphatic rings. The van der Waals surface area contributed by atoms with E-state index in [0.29, 0.717) is 5.56 Å². The van der Waals surface area contributed by atoms with Gasteiger partial charge in [-0.25, -0.2) is 0 Å². The SMILES string of the molecule is FC(F)(F)Oc1cccc(C2CCC(C(F)(F)F)CN2)c1. The number of ether oxygens (including phenoxy) is 1. The van der Waals surface area contributed by atoms with Crippen molar-refractivity contribution in [3.05, 3.63) is 29.8 Å². The van der Waals surface area contributed by atoms with Crippen LogP contribution in [0, 0.1) is 5.92 Å². The number of piperidine rings is 1. The summed E-state index contributed by atoms with van der Waals surface area (Å²) in [4.78, 5) is 0. The largest absolute Gasteiger partial charge is 0.573 e. The van der Waals surface area contributed by atoms with Crippen LogP contribution < -0.4 is 10.1 Å². The van der Waals surface area contributed by atoms with Gasteiger partial charge in [0.1, 0.15) is 5.75 Å². The zero-order valence-corrected chi connectivity index (χ0v) is 10.8. The molecule has 2 unspecified atom stereocenters. The van der Waals surface area contributed by atoms with E-state index in [0.717, 1.165) is 6.07 Å². The molecule has 118 valence electrons. The molecule has 0 aliphatic carbocycles. The number of rotatable bonds is 2. The van der Waals surface area contributed by atoms with Crippen LogP contribution in [0.2, 0.25) is 0 Å². The average molecular weight is 313 g/mol. The maximum atomic E-state index is 12.5. The van der Waals surface area contributed by atoms with E-state index in [2.05, 4.69) is 10.1 Å². The van der Waals surface area contributed by atoms with Gasteiger partial charge in [0.15, 0.2) is 0 Å². The first-order valence-electron chi connectivity index (χ1n) is 6.31. The number of alkyl halides is 6. The molecule has 21 heavy (non-hydrogen) atoms. The molecule has 1 aromatic rings. The van der Waals surface area contributed by atoms with Gasteiger partial charge in [0.25, 0.3) is 0 Å². The second-order valence-electron chi connectivity index (χ2n) is 4.90. The van der Waals surface area contributed by atoms with E-state index in [1.54, 1.807) is 6.07 Å². The maximum Gasteiger partial charge on any atom is 0.573 e. The molecule has 2 nitrogen and oxygen atoms in total. The first-order valence-corrected chi connectivity index (χ1v) is 6.31. The van der Waals surface area contributed by atoms with Gasteiger partial charge in [-0.2, -0.15) is 13.2 Å². The first-order chi connectivity index (χ1) is 9.65. The van der Waals surface area contributed by atoms with Crippen molar-refractivity contribution in [3.63, 3.8) is 0 Å². The summed E-state index contributed by atoms with van der Waals surface area (Å²) in [6.45, 7) is -0.238. The summed E-state index contributed by atoms with van der Waals surface area (Å²) in [5.41, 5.74) is 0.484. The second kappa shape index (κ2) is 5.75. The summed E-state index contributed by atoms with van der Waals surface area (Å²) < 4.78 is 77.8. The lowest BCUT2D eigenvalue weighted by atomic mass is 9.90. The molecule has 0 bridgehead atoms. The van der Waals surface area contributed by atoms with Crippen LogP contribution in [0.4, 0.5) is 26.3 Å². The van der Waals surface area contributed by atoms with Crippen molar-refractivity contribution in [2.24, 2.45) is 5.92 Å². The van der Waals surface area contributed by atoms with Gasteiger partial charge in [-0.15, -0.1) is 13.2 Å². The number of hydrogen-bond acceptors (Lipinski definition) is 2. The molecule has 0 saturated carbocycles. The zero-order valence-electron chi connectivity index (χ0n) is 10.8. The summed E-state index contributed by atoms with van der Waals surface area (Å²) in [6, 6.07) is 4.89. The second-order valence-corrected chi connectivity index (χ2v) is 4.90. The highest BCUT2D eigenvalue weighted by Crippen LogP contribution is 2.36. The van der Waals surface area contributed by atoms with Crippen LogP contribution in [0.25, 0.3) is 0 Å². The molecule has 2 rings (SSSR count). The molecule has 0 spiro atoms. The van der Waals surface area contributed by atoms with Gasteiger partial charge >= 0.3 is 12.5 Å². The van der Waals surface area contributed by atoms with Crippen molar-refractivity contribution in [1.29, 1.82) is 0 Å². The van der Waals surface area contributed by atoms with Crippen LogP contribution in [0.3, 0.4) is 0 Å². The molecule has 8 heteroatoms. The molecule has 1 saturated heterocycles. The van der Waals surface area contributed by atoms with Crippen molar-refractivity contribution in [1.82, 2.24) is 5.32 Å². The molecule has 1 fully saturated rings. The van der Waals surface area contributed by atoms with Crippen LogP contribution in [0.1, 0.15) is 24.4 Å². The lowest BCUT2D eigenvalue weighted by Crippen LogP contribution is -2.40. The summed E-state index contributed by atoms with van der Waals surface area (Å²) in [7, 11) is 0. The number of hydrogen-bond donors (Lipinski definition) is 1. The lowest BCUT2D eigenvalue weighted by molar-refractivity contribution is -0.274. The Kier molecular flexibility index (Phi) is 4.36. The number of nitrogens with one attached hydrogen (secondary N) is 1. The van der Waals surface area contributed by atoms with Gasteiger partial charge in [-0.3, -0.25) is 0 Å². The third-order valence-electron chi connectivity index (χ3n) is 3.37. The number of benzene rings is 1. The highest BCUT2D eigenvalue weighted by Gasteiger charge is 2.41. The molecule has 0 radical (unpaired) electrons. The Morgan fingerprint density at radius 2 is 1.76 bits per heavy atom. The molecule has 0 amide bonds. The van der Waals surface area contributed by atoms with E-state index in [1.165, 1.54) is 12.1 Å². The van der Waals surface area contributed by atoms with E-state index in [4.69, 9.17) is 0 Å². The third-order valence-corrected chi connectivity index (χ3v) is 3.37. The van der Waals surface area contributed by atoms with E-state index in [-0.39, 0.29) is 25.1 Å². The fourth-order valence-corrected chi connectivity index (χ4v) is 2.35. The highest BCUT2D eigenvalue weighted by molar-refractivity contribution is 5.31. The highest BCUT2D eigenvalue weighted by atomic mass is 19.4. The Balaban J connectivity index is 2.02.